The van der Waals surface area contributed by atoms with E-state index in [2.05, 4.69) is 9.88 Å². The molecule has 0 saturated carbocycles. The fourth-order valence-electron chi connectivity index (χ4n) is 5.50. The lowest BCUT2D eigenvalue weighted by Crippen LogP contribution is -2.45. The Morgan fingerprint density at radius 2 is 1.86 bits per heavy atom. The molecule has 5 rings (SSSR count). The van der Waals surface area contributed by atoms with Crippen LogP contribution in [0.4, 0.5) is 10.6 Å². The molecular weight excluding hydrogens is 493 g/mol. The quantitative estimate of drug-likeness (QED) is 0.567. The highest BCUT2D eigenvalue weighted by atomic mass is 35.5. The maximum Gasteiger partial charge on any atom is 0.408 e. The predicted octanol–water partition coefficient (Wildman–Crippen LogP) is 5.11. The van der Waals surface area contributed by atoms with Crippen LogP contribution < -0.4 is 9.64 Å². The van der Waals surface area contributed by atoms with Gasteiger partial charge in [-0.05, 0) is 67.2 Å². The molecule has 3 atom stereocenters. The summed E-state index contributed by atoms with van der Waals surface area (Å²) in [7, 11) is 0. The minimum absolute atomic E-state index is 0.0912. The van der Waals surface area contributed by atoms with Crippen LogP contribution in [0, 0.1) is 6.92 Å². The van der Waals surface area contributed by atoms with Gasteiger partial charge >= 0.3 is 12.1 Å². The van der Waals surface area contributed by atoms with Gasteiger partial charge < -0.3 is 19.8 Å². The Labute approximate surface area is 212 Å². The van der Waals surface area contributed by atoms with Gasteiger partial charge in [0.25, 0.3) is 0 Å². The molecule has 0 aliphatic carbocycles. The number of halogens is 2. The number of ether oxygens (including phenoxy) is 1. The smallest absolute Gasteiger partial charge is 0.408 e. The van der Waals surface area contributed by atoms with E-state index >= 15 is 0 Å². The van der Waals surface area contributed by atoms with Gasteiger partial charge in [0, 0.05) is 25.2 Å². The number of carboxylic acid groups (broad SMARTS) is 2. The molecule has 8 nitrogen and oxygen atoms in total. The lowest BCUT2D eigenvalue weighted by atomic mass is 9.89. The van der Waals surface area contributed by atoms with Gasteiger partial charge in [-0.1, -0.05) is 23.2 Å². The van der Waals surface area contributed by atoms with Crippen molar-refractivity contribution >= 4 is 46.7 Å². The first kappa shape index (κ1) is 23.8. The monoisotopic (exact) mass is 517 g/mol. The number of fused-ring (bicyclic) bond motifs is 2. The highest BCUT2D eigenvalue weighted by molar-refractivity contribution is 6.37. The maximum absolute atomic E-state index is 12.1. The minimum atomic E-state index is -1.08. The molecule has 2 aromatic rings. The zero-order chi connectivity index (χ0) is 24.9. The number of carboxylic acids is 1. The fourth-order valence-corrected chi connectivity index (χ4v) is 6.18. The second-order valence-electron chi connectivity index (χ2n) is 9.28. The zero-order valence-electron chi connectivity index (χ0n) is 19.1. The molecule has 2 N–H and O–H groups in total. The molecule has 3 aliphatic heterocycles. The molecule has 184 valence electrons. The summed E-state index contributed by atoms with van der Waals surface area (Å²) in [6.45, 7) is 3.29. The summed E-state index contributed by atoms with van der Waals surface area (Å²) in [6.07, 6.45) is 2.88. The van der Waals surface area contributed by atoms with Crippen LogP contribution >= 0.6 is 23.2 Å². The van der Waals surface area contributed by atoms with Crippen LogP contribution in [0.2, 0.25) is 10.0 Å². The number of aryl methyl sites for hydroxylation is 1. The summed E-state index contributed by atoms with van der Waals surface area (Å²) >= 11 is 12.7. The Balaban J connectivity index is 1.33. The van der Waals surface area contributed by atoms with Crippen molar-refractivity contribution in [2.24, 2.45) is 0 Å². The molecule has 4 heterocycles. The lowest BCUT2D eigenvalue weighted by Gasteiger charge is -2.34. The highest BCUT2D eigenvalue weighted by Crippen LogP contribution is 2.43. The van der Waals surface area contributed by atoms with Crippen LogP contribution in [0.3, 0.4) is 0 Å². The lowest BCUT2D eigenvalue weighted by molar-refractivity contribution is -0.133. The van der Waals surface area contributed by atoms with Crippen LogP contribution in [-0.4, -0.2) is 63.4 Å². The first-order chi connectivity index (χ1) is 16.7. The Kier molecular flexibility index (Phi) is 6.27. The van der Waals surface area contributed by atoms with E-state index in [0.29, 0.717) is 47.2 Å². The number of carbonyl (C=O) groups is 2. The molecule has 2 bridgehead atoms. The number of rotatable bonds is 5. The van der Waals surface area contributed by atoms with Crippen molar-refractivity contribution in [3.8, 4) is 5.75 Å². The second-order valence-corrected chi connectivity index (χ2v) is 10.1. The van der Waals surface area contributed by atoms with Crippen molar-refractivity contribution in [1.29, 1.82) is 0 Å². The van der Waals surface area contributed by atoms with Crippen molar-refractivity contribution in [1.82, 2.24) is 9.88 Å². The average Bonchev–Trinajstić information content (AvgIpc) is 3.39. The summed E-state index contributed by atoms with van der Waals surface area (Å²) < 4.78 is 6.10. The third-order valence-corrected chi connectivity index (χ3v) is 7.61. The second kappa shape index (κ2) is 9.24. The molecule has 10 heteroatoms. The number of aliphatic carboxylic acids is 1. The third kappa shape index (κ3) is 4.41. The Hall–Kier alpha value is -2.97. The molecule has 0 spiro atoms. The van der Waals surface area contributed by atoms with Gasteiger partial charge in [0.05, 0.1) is 28.2 Å². The van der Waals surface area contributed by atoms with E-state index in [9.17, 15) is 19.8 Å². The summed E-state index contributed by atoms with van der Waals surface area (Å²) in [4.78, 5) is 31.8. The zero-order valence-corrected chi connectivity index (χ0v) is 20.6. The molecule has 2 saturated heterocycles. The average molecular weight is 518 g/mol. The number of anilines is 1. The highest BCUT2D eigenvalue weighted by Gasteiger charge is 2.46. The molecule has 35 heavy (non-hydrogen) atoms. The number of nitrogens with zero attached hydrogens (tertiary/aromatic N) is 3. The number of hydrogen-bond donors (Lipinski definition) is 2. The molecule has 1 aromatic carbocycles. The van der Waals surface area contributed by atoms with E-state index < -0.39 is 18.1 Å². The van der Waals surface area contributed by atoms with Gasteiger partial charge in [-0.2, -0.15) is 0 Å². The van der Waals surface area contributed by atoms with E-state index in [1.54, 1.807) is 6.20 Å². The molecule has 0 unspecified atom stereocenters. The third-order valence-electron chi connectivity index (χ3n) is 7.04. The van der Waals surface area contributed by atoms with Gasteiger partial charge in [0.1, 0.15) is 11.9 Å². The largest absolute Gasteiger partial charge is 0.485 e. The standard InChI is InChI=1S/C25H25Cl2N3O5/c1-13-8-18(26)23(19(27)9-13)35-16-6-7-29(12-16)21-5-2-14(11-28-21)17-10-15-3-4-20(22(17)24(31)32)30(15)25(33)34/h2,5,8-9,11,15-16,20H,3-4,6-7,10,12H2,1H3,(H,31,32)(H,33,34)/t15-,16-,20+/m1/s1. The van der Waals surface area contributed by atoms with E-state index in [0.717, 1.165) is 29.9 Å². The number of aromatic nitrogens is 1. The molecule has 1 amide bonds. The van der Waals surface area contributed by atoms with Crippen molar-refractivity contribution in [3.05, 3.63) is 57.2 Å². The van der Waals surface area contributed by atoms with Crippen molar-refractivity contribution < 1.29 is 24.5 Å². The molecule has 2 fully saturated rings. The number of pyridine rings is 1. The molecule has 0 radical (unpaired) electrons. The first-order valence-electron chi connectivity index (χ1n) is 11.5. The van der Waals surface area contributed by atoms with Gasteiger partial charge in [0.2, 0.25) is 0 Å². The van der Waals surface area contributed by atoms with Gasteiger partial charge in [0.15, 0.2) is 5.75 Å². The Morgan fingerprint density at radius 3 is 2.49 bits per heavy atom. The van der Waals surface area contributed by atoms with Crippen LogP contribution in [0.1, 0.15) is 36.8 Å². The van der Waals surface area contributed by atoms with Crippen molar-refractivity contribution in [2.75, 3.05) is 18.0 Å². The van der Waals surface area contributed by atoms with Gasteiger partial charge in [-0.3, -0.25) is 4.90 Å². The first-order valence-corrected chi connectivity index (χ1v) is 12.3. The Bertz CT molecular complexity index is 1190. The fraction of sp³-hybridized carbons (Fsp3) is 0.400. The molecule has 1 aromatic heterocycles. The normalized spacial score (nSPS) is 23.7. The minimum Gasteiger partial charge on any atom is -0.485 e. The summed E-state index contributed by atoms with van der Waals surface area (Å²) in [5.74, 6) is 0.183. The van der Waals surface area contributed by atoms with E-state index in [-0.39, 0.29) is 17.7 Å². The van der Waals surface area contributed by atoms with E-state index in [1.165, 1.54) is 4.90 Å². The van der Waals surface area contributed by atoms with Gasteiger partial charge in [-0.15, -0.1) is 0 Å². The van der Waals surface area contributed by atoms with Crippen LogP contribution in [-0.2, 0) is 4.79 Å². The van der Waals surface area contributed by atoms with E-state index in [1.807, 2.05) is 31.2 Å². The molecule has 3 aliphatic rings. The molecular formula is C25H25Cl2N3O5. The summed E-state index contributed by atoms with van der Waals surface area (Å²) in [5, 5.41) is 20.4. The summed E-state index contributed by atoms with van der Waals surface area (Å²) in [6, 6.07) is 6.58. The number of benzene rings is 1. The van der Waals surface area contributed by atoms with Crippen LogP contribution in [0.5, 0.6) is 5.75 Å². The topological polar surface area (TPSA) is 103 Å². The van der Waals surface area contributed by atoms with Crippen molar-refractivity contribution in [3.63, 3.8) is 0 Å². The SMILES string of the molecule is Cc1cc(Cl)c(O[C@@H]2CCN(c3ccc(C4=C(C(=O)O)[C@@H]5CC[C@H](C4)N5C(=O)O)cn3)C2)c(Cl)c1. The maximum atomic E-state index is 12.1. The van der Waals surface area contributed by atoms with Crippen LogP contribution in [0.25, 0.3) is 5.57 Å². The number of amides is 1. The summed E-state index contributed by atoms with van der Waals surface area (Å²) in [5.41, 5.74) is 2.52. The van der Waals surface area contributed by atoms with Gasteiger partial charge in [-0.25, -0.2) is 14.6 Å². The van der Waals surface area contributed by atoms with Crippen LogP contribution in [0.15, 0.2) is 36.0 Å². The van der Waals surface area contributed by atoms with E-state index in [4.69, 9.17) is 27.9 Å². The number of hydrogen-bond acceptors (Lipinski definition) is 5. The Morgan fingerprint density at radius 1 is 1.11 bits per heavy atom. The van der Waals surface area contributed by atoms with Crippen molar-refractivity contribution in [2.45, 2.75) is 50.8 Å². The predicted molar refractivity (Wildman–Crippen MR) is 133 cm³/mol.